The fourth-order valence-corrected chi connectivity index (χ4v) is 3.78. The molecule has 3 aromatic rings. The van der Waals surface area contributed by atoms with Crippen LogP contribution in [-0.2, 0) is 15.1 Å². The van der Waals surface area contributed by atoms with Gasteiger partial charge < -0.3 is 10.5 Å². The lowest BCUT2D eigenvalue weighted by Crippen LogP contribution is -2.42. The normalized spacial score (nSPS) is 14.1. The average Bonchev–Trinajstić information content (AvgIpc) is 2.74. The smallest absolute Gasteiger partial charge is 0.324 e. The van der Waals surface area contributed by atoms with Crippen LogP contribution in [0.3, 0.4) is 0 Å². The van der Waals surface area contributed by atoms with E-state index in [0.717, 1.165) is 23.1 Å². The van der Waals surface area contributed by atoms with Crippen molar-refractivity contribution in [3.63, 3.8) is 0 Å². The van der Waals surface area contributed by atoms with Crippen molar-refractivity contribution < 1.29 is 9.53 Å². The van der Waals surface area contributed by atoms with Crippen molar-refractivity contribution in [3.05, 3.63) is 106 Å². The van der Waals surface area contributed by atoms with Gasteiger partial charge in [0.15, 0.2) is 5.60 Å². The summed E-state index contributed by atoms with van der Waals surface area (Å²) >= 11 is 6.64. The van der Waals surface area contributed by atoms with Gasteiger partial charge >= 0.3 is 5.97 Å². The molecule has 0 aliphatic carbocycles. The topological polar surface area (TPSA) is 52.3 Å². The van der Waals surface area contributed by atoms with Crippen molar-refractivity contribution in [2.45, 2.75) is 38.3 Å². The molecule has 29 heavy (non-hydrogen) atoms. The van der Waals surface area contributed by atoms with E-state index in [1.807, 2.05) is 92.7 Å². The van der Waals surface area contributed by atoms with Gasteiger partial charge in [0.25, 0.3) is 0 Å². The van der Waals surface area contributed by atoms with E-state index in [1.165, 1.54) is 0 Å². The van der Waals surface area contributed by atoms with E-state index in [-0.39, 0.29) is 0 Å². The Morgan fingerprint density at radius 1 is 0.966 bits per heavy atom. The van der Waals surface area contributed by atoms with Crippen LogP contribution in [0.15, 0.2) is 78.9 Å². The molecule has 2 N–H and O–H groups in total. The van der Waals surface area contributed by atoms with E-state index in [2.05, 4.69) is 0 Å². The van der Waals surface area contributed by atoms with Gasteiger partial charge in [0.1, 0.15) is 6.04 Å². The minimum atomic E-state index is -1.20. The number of benzene rings is 3. The Balaban J connectivity index is 2.28. The minimum Gasteiger partial charge on any atom is -0.443 e. The highest BCUT2D eigenvalue weighted by atomic mass is 35.5. The Morgan fingerprint density at radius 2 is 1.55 bits per heavy atom. The molecule has 0 saturated heterocycles. The van der Waals surface area contributed by atoms with Crippen LogP contribution in [0.5, 0.6) is 0 Å². The highest BCUT2D eigenvalue weighted by Crippen LogP contribution is 2.43. The van der Waals surface area contributed by atoms with Gasteiger partial charge in [-0.3, -0.25) is 4.79 Å². The first-order valence-corrected chi connectivity index (χ1v) is 10.2. The van der Waals surface area contributed by atoms with Crippen LogP contribution >= 0.6 is 11.6 Å². The van der Waals surface area contributed by atoms with Crippen LogP contribution in [0, 0.1) is 6.92 Å². The summed E-state index contributed by atoms with van der Waals surface area (Å²) in [5, 5.41) is 0.522. The molecular formula is C25H26ClNO2. The van der Waals surface area contributed by atoms with Crippen molar-refractivity contribution in [1.29, 1.82) is 0 Å². The zero-order chi connectivity index (χ0) is 20.9. The predicted octanol–water partition coefficient (Wildman–Crippen LogP) is 5.61. The summed E-state index contributed by atoms with van der Waals surface area (Å²) in [6, 6.07) is 24.4. The lowest BCUT2D eigenvalue weighted by atomic mass is 9.79. The first kappa shape index (κ1) is 21.1. The number of halogens is 1. The second-order valence-electron chi connectivity index (χ2n) is 7.21. The van der Waals surface area contributed by atoms with Crippen LogP contribution in [0.4, 0.5) is 0 Å². The Labute approximate surface area is 177 Å². The SMILES string of the molecule is CCCC(N)C(=O)OC(c1ccccc1)(c1ccc(C)cc1)c1ccccc1Cl. The quantitative estimate of drug-likeness (QED) is 0.409. The maximum atomic E-state index is 13.1. The van der Waals surface area contributed by atoms with Crippen molar-refractivity contribution >= 4 is 17.6 Å². The molecule has 3 rings (SSSR count). The first-order chi connectivity index (χ1) is 14.0. The number of nitrogens with two attached hydrogens (primary N) is 1. The van der Waals surface area contributed by atoms with Crippen LogP contribution in [0.1, 0.15) is 42.0 Å². The van der Waals surface area contributed by atoms with Gasteiger partial charge in [-0.05, 0) is 19.4 Å². The van der Waals surface area contributed by atoms with E-state index in [1.54, 1.807) is 0 Å². The molecule has 0 aliphatic rings. The van der Waals surface area contributed by atoms with E-state index in [9.17, 15) is 4.79 Å². The molecule has 0 saturated carbocycles. The second-order valence-corrected chi connectivity index (χ2v) is 7.62. The molecule has 0 fully saturated rings. The molecule has 2 unspecified atom stereocenters. The van der Waals surface area contributed by atoms with E-state index in [4.69, 9.17) is 22.1 Å². The van der Waals surface area contributed by atoms with Gasteiger partial charge in [0, 0.05) is 21.7 Å². The lowest BCUT2D eigenvalue weighted by molar-refractivity contribution is -0.155. The maximum Gasteiger partial charge on any atom is 0.324 e. The number of esters is 1. The first-order valence-electron chi connectivity index (χ1n) is 9.85. The Morgan fingerprint density at radius 3 is 2.17 bits per heavy atom. The van der Waals surface area contributed by atoms with Gasteiger partial charge in [-0.15, -0.1) is 0 Å². The van der Waals surface area contributed by atoms with Crippen molar-refractivity contribution in [2.24, 2.45) is 5.73 Å². The predicted molar refractivity (Wildman–Crippen MR) is 118 cm³/mol. The lowest BCUT2D eigenvalue weighted by Gasteiger charge is -2.36. The number of hydrogen-bond acceptors (Lipinski definition) is 3. The summed E-state index contributed by atoms with van der Waals surface area (Å²) in [6.07, 6.45) is 1.35. The average molecular weight is 408 g/mol. The third-order valence-electron chi connectivity index (χ3n) is 5.05. The summed E-state index contributed by atoms with van der Waals surface area (Å²) in [6.45, 7) is 4.01. The van der Waals surface area contributed by atoms with Crippen molar-refractivity contribution in [3.8, 4) is 0 Å². The monoisotopic (exact) mass is 407 g/mol. The summed E-state index contributed by atoms with van der Waals surface area (Å²) < 4.78 is 6.28. The summed E-state index contributed by atoms with van der Waals surface area (Å²) in [4.78, 5) is 13.1. The largest absolute Gasteiger partial charge is 0.443 e. The zero-order valence-corrected chi connectivity index (χ0v) is 17.5. The molecule has 2 atom stereocenters. The summed E-state index contributed by atoms with van der Waals surface area (Å²) in [5.41, 5.74) is 8.38. The van der Waals surface area contributed by atoms with Gasteiger partial charge in [0.2, 0.25) is 0 Å². The fraction of sp³-hybridized carbons (Fsp3) is 0.240. The molecule has 4 heteroatoms. The summed E-state index contributed by atoms with van der Waals surface area (Å²) in [5.74, 6) is -0.448. The molecule has 150 valence electrons. The van der Waals surface area contributed by atoms with Crippen LogP contribution in [0.25, 0.3) is 0 Å². The molecule has 3 aromatic carbocycles. The fourth-order valence-electron chi connectivity index (χ4n) is 3.51. The van der Waals surface area contributed by atoms with Crippen LogP contribution in [0.2, 0.25) is 5.02 Å². The molecule has 0 aliphatic heterocycles. The number of aryl methyl sites for hydroxylation is 1. The highest BCUT2D eigenvalue weighted by Gasteiger charge is 2.42. The van der Waals surface area contributed by atoms with Crippen molar-refractivity contribution in [2.75, 3.05) is 0 Å². The molecule has 0 spiro atoms. The van der Waals surface area contributed by atoms with Crippen molar-refractivity contribution in [1.82, 2.24) is 0 Å². The third kappa shape index (κ3) is 4.36. The Hall–Kier alpha value is -2.62. The number of rotatable bonds is 7. The van der Waals surface area contributed by atoms with E-state index < -0.39 is 17.6 Å². The third-order valence-corrected chi connectivity index (χ3v) is 5.38. The van der Waals surface area contributed by atoms with Gasteiger partial charge in [-0.25, -0.2) is 0 Å². The Bertz CT molecular complexity index is 956. The Kier molecular flexibility index (Phi) is 6.73. The van der Waals surface area contributed by atoms with E-state index >= 15 is 0 Å². The molecule has 0 heterocycles. The van der Waals surface area contributed by atoms with Gasteiger partial charge in [-0.2, -0.15) is 0 Å². The van der Waals surface area contributed by atoms with Gasteiger partial charge in [-0.1, -0.05) is 103 Å². The number of carbonyl (C=O) groups is 1. The maximum absolute atomic E-state index is 13.1. The highest BCUT2D eigenvalue weighted by molar-refractivity contribution is 6.31. The van der Waals surface area contributed by atoms with Crippen LogP contribution < -0.4 is 5.73 Å². The number of hydrogen-bond donors (Lipinski definition) is 1. The molecule has 0 bridgehead atoms. The molecular weight excluding hydrogens is 382 g/mol. The minimum absolute atomic E-state index is 0.448. The standard InChI is InChI=1S/C25H26ClNO2/c1-3-9-23(27)24(28)29-25(19-10-5-4-6-11-19,20-16-14-18(2)15-17-20)21-12-7-8-13-22(21)26/h4-8,10-17,23H,3,9,27H2,1-2H3. The molecule has 0 aromatic heterocycles. The van der Waals surface area contributed by atoms with Gasteiger partial charge in [0.05, 0.1) is 0 Å². The molecule has 0 radical (unpaired) electrons. The summed E-state index contributed by atoms with van der Waals surface area (Å²) in [7, 11) is 0. The second kappa shape index (κ2) is 9.25. The molecule has 3 nitrogen and oxygen atoms in total. The van der Waals surface area contributed by atoms with Crippen LogP contribution in [-0.4, -0.2) is 12.0 Å². The zero-order valence-electron chi connectivity index (χ0n) is 16.8. The molecule has 0 amide bonds. The van der Waals surface area contributed by atoms with E-state index in [0.29, 0.717) is 17.0 Å². The number of carbonyl (C=O) groups excluding carboxylic acids is 1. The number of ether oxygens (including phenoxy) is 1.